The minimum atomic E-state index is -0.261. The highest BCUT2D eigenvalue weighted by molar-refractivity contribution is 7.17. The summed E-state index contributed by atoms with van der Waals surface area (Å²) in [4.78, 5) is 16.2. The molecule has 114 valence electrons. The van der Waals surface area contributed by atoms with E-state index in [1.807, 2.05) is 23.1 Å². The minimum absolute atomic E-state index is 0.0766. The molecule has 1 aromatic heterocycles. The number of nitrogens with zero attached hydrogens (tertiary/aromatic N) is 1. The van der Waals surface area contributed by atoms with Crippen LogP contribution in [0.3, 0.4) is 0 Å². The Hall–Kier alpha value is -1.72. The SMILES string of the molecule is NC[C@@]12C[C@@H]1CN(C(=O)c1ccc(-c3cccc(F)c3)s1)C2. The van der Waals surface area contributed by atoms with Crippen molar-refractivity contribution in [2.75, 3.05) is 19.6 Å². The molecular weight excluding hydrogens is 299 g/mol. The first-order chi connectivity index (χ1) is 10.6. The van der Waals surface area contributed by atoms with Crippen LogP contribution < -0.4 is 5.73 Å². The summed E-state index contributed by atoms with van der Waals surface area (Å²) in [5, 5.41) is 0. The maximum atomic E-state index is 13.3. The number of benzene rings is 1. The van der Waals surface area contributed by atoms with Gasteiger partial charge in [0.15, 0.2) is 0 Å². The fraction of sp³-hybridized carbons (Fsp3) is 0.353. The van der Waals surface area contributed by atoms with Crippen LogP contribution in [-0.2, 0) is 0 Å². The smallest absolute Gasteiger partial charge is 0.263 e. The number of thiophene rings is 1. The van der Waals surface area contributed by atoms with Crippen molar-refractivity contribution in [2.24, 2.45) is 17.1 Å². The molecule has 1 aliphatic heterocycles. The van der Waals surface area contributed by atoms with Gasteiger partial charge in [-0.2, -0.15) is 0 Å². The summed E-state index contributed by atoms with van der Waals surface area (Å²) in [7, 11) is 0. The zero-order valence-electron chi connectivity index (χ0n) is 12.1. The van der Waals surface area contributed by atoms with Crippen LogP contribution >= 0.6 is 11.3 Å². The quantitative estimate of drug-likeness (QED) is 0.946. The number of carbonyl (C=O) groups is 1. The standard InChI is InChI=1S/C17H17FN2OS/c18-13-3-1-2-11(6-13)14-4-5-15(22-14)16(21)20-8-12-7-17(12,9-19)10-20/h1-6,12H,7-10,19H2/t12-,17-/m1/s1. The lowest BCUT2D eigenvalue weighted by molar-refractivity contribution is 0.0770. The topological polar surface area (TPSA) is 46.3 Å². The van der Waals surface area contributed by atoms with Gasteiger partial charge in [0.1, 0.15) is 5.82 Å². The summed E-state index contributed by atoms with van der Waals surface area (Å²) in [6.07, 6.45) is 1.16. The number of nitrogens with two attached hydrogens (primary N) is 1. The largest absolute Gasteiger partial charge is 0.337 e. The van der Waals surface area contributed by atoms with Gasteiger partial charge in [0.2, 0.25) is 0 Å². The van der Waals surface area contributed by atoms with Crippen molar-refractivity contribution in [3.8, 4) is 10.4 Å². The molecule has 0 unspecified atom stereocenters. The van der Waals surface area contributed by atoms with E-state index in [0.717, 1.165) is 30.0 Å². The third-order valence-electron chi connectivity index (χ3n) is 4.93. The summed E-state index contributed by atoms with van der Waals surface area (Å²) in [6.45, 7) is 2.27. The monoisotopic (exact) mass is 316 g/mol. The predicted octanol–water partition coefficient (Wildman–Crippen LogP) is 2.98. The average molecular weight is 316 g/mol. The van der Waals surface area contributed by atoms with Crippen LogP contribution in [0.15, 0.2) is 36.4 Å². The van der Waals surface area contributed by atoms with E-state index in [1.165, 1.54) is 23.5 Å². The molecule has 2 aromatic rings. The van der Waals surface area contributed by atoms with Crippen molar-refractivity contribution < 1.29 is 9.18 Å². The third-order valence-corrected chi connectivity index (χ3v) is 6.05. The van der Waals surface area contributed by atoms with Gasteiger partial charge in [-0.1, -0.05) is 12.1 Å². The van der Waals surface area contributed by atoms with E-state index < -0.39 is 0 Å². The second kappa shape index (κ2) is 4.89. The van der Waals surface area contributed by atoms with E-state index in [1.54, 1.807) is 6.07 Å². The molecule has 4 rings (SSSR count). The van der Waals surface area contributed by atoms with Crippen LogP contribution in [0.2, 0.25) is 0 Å². The number of amides is 1. The molecule has 0 spiro atoms. The number of carbonyl (C=O) groups excluding carboxylic acids is 1. The zero-order chi connectivity index (χ0) is 15.3. The minimum Gasteiger partial charge on any atom is -0.337 e. The molecule has 2 N–H and O–H groups in total. The van der Waals surface area contributed by atoms with Crippen molar-refractivity contribution in [3.05, 3.63) is 47.1 Å². The van der Waals surface area contributed by atoms with Gasteiger partial charge in [0.05, 0.1) is 4.88 Å². The van der Waals surface area contributed by atoms with Crippen molar-refractivity contribution in [1.82, 2.24) is 4.90 Å². The van der Waals surface area contributed by atoms with E-state index in [4.69, 9.17) is 5.73 Å². The molecule has 0 bridgehead atoms. The molecule has 1 saturated carbocycles. The lowest BCUT2D eigenvalue weighted by Crippen LogP contribution is -2.33. The number of rotatable bonds is 3. The maximum absolute atomic E-state index is 13.3. The lowest BCUT2D eigenvalue weighted by Gasteiger charge is -2.19. The Morgan fingerprint density at radius 1 is 1.41 bits per heavy atom. The Balaban J connectivity index is 1.53. The summed E-state index contributed by atoms with van der Waals surface area (Å²) in [5.41, 5.74) is 6.84. The van der Waals surface area contributed by atoms with Crippen molar-refractivity contribution in [1.29, 1.82) is 0 Å². The molecule has 1 amide bonds. The van der Waals surface area contributed by atoms with Gasteiger partial charge in [-0.05, 0) is 48.7 Å². The van der Waals surface area contributed by atoms with Gasteiger partial charge in [0.25, 0.3) is 5.91 Å². The first-order valence-electron chi connectivity index (χ1n) is 7.46. The highest BCUT2D eigenvalue weighted by Crippen LogP contribution is 2.57. The van der Waals surface area contributed by atoms with Gasteiger partial charge in [-0.3, -0.25) is 4.79 Å². The molecule has 0 radical (unpaired) electrons. The molecule has 1 aliphatic carbocycles. The van der Waals surface area contributed by atoms with Crippen LogP contribution in [0.25, 0.3) is 10.4 Å². The summed E-state index contributed by atoms with van der Waals surface area (Å²) in [5.74, 6) is 0.403. The number of hydrogen-bond donors (Lipinski definition) is 1. The molecule has 2 fully saturated rings. The first kappa shape index (κ1) is 13.9. The van der Waals surface area contributed by atoms with Gasteiger partial charge >= 0.3 is 0 Å². The second-order valence-corrected chi connectivity index (χ2v) is 7.41. The number of hydrogen-bond acceptors (Lipinski definition) is 3. The van der Waals surface area contributed by atoms with Crippen LogP contribution in [0.1, 0.15) is 16.1 Å². The van der Waals surface area contributed by atoms with E-state index in [9.17, 15) is 9.18 Å². The molecule has 5 heteroatoms. The van der Waals surface area contributed by atoms with Crippen LogP contribution in [-0.4, -0.2) is 30.4 Å². The molecule has 2 atom stereocenters. The molecule has 2 heterocycles. The molecule has 1 aromatic carbocycles. The Labute approximate surface area is 132 Å². The van der Waals surface area contributed by atoms with Crippen LogP contribution in [0, 0.1) is 17.2 Å². The van der Waals surface area contributed by atoms with E-state index in [2.05, 4.69) is 0 Å². The first-order valence-corrected chi connectivity index (χ1v) is 8.28. The number of likely N-dealkylation sites (tertiary alicyclic amines) is 1. The highest BCUT2D eigenvalue weighted by atomic mass is 32.1. The number of piperidine rings is 1. The maximum Gasteiger partial charge on any atom is 0.263 e. The molecule has 1 saturated heterocycles. The molecule has 3 nitrogen and oxygen atoms in total. The Bertz CT molecular complexity index is 740. The van der Waals surface area contributed by atoms with Gasteiger partial charge < -0.3 is 10.6 Å². The van der Waals surface area contributed by atoms with Crippen LogP contribution in [0.4, 0.5) is 4.39 Å². The van der Waals surface area contributed by atoms with Gasteiger partial charge in [0, 0.05) is 23.4 Å². The van der Waals surface area contributed by atoms with Gasteiger partial charge in [-0.25, -0.2) is 4.39 Å². The van der Waals surface area contributed by atoms with Crippen LogP contribution in [0.5, 0.6) is 0 Å². The summed E-state index contributed by atoms with van der Waals surface area (Å²) < 4.78 is 13.3. The summed E-state index contributed by atoms with van der Waals surface area (Å²) >= 11 is 1.42. The second-order valence-electron chi connectivity index (χ2n) is 6.33. The fourth-order valence-corrected chi connectivity index (χ4v) is 4.44. The number of fused-ring (bicyclic) bond motifs is 1. The normalized spacial score (nSPS) is 26.1. The third kappa shape index (κ3) is 2.16. The molecular formula is C17H17FN2OS. The average Bonchev–Trinajstić information content (AvgIpc) is 2.92. The van der Waals surface area contributed by atoms with Gasteiger partial charge in [-0.15, -0.1) is 11.3 Å². The predicted molar refractivity (Wildman–Crippen MR) is 85.2 cm³/mol. The van der Waals surface area contributed by atoms with Crippen molar-refractivity contribution in [2.45, 2.75) is 6.42 Å². The van der Waals surface area contributed by atoms with E-state index >= 15 is 0 Å². The fourth-order valence-electron chi connectivity index (χ4n) is 3.47. The lowest BCUT2D eigenvalue weighted by atomic mass is 10.1. The Morgan fingerprint density at radius 3 is 3.00 bits per heavy atom. The van der Waals surface area contributed by atoms with Crippen molar-refractivity contribution >= 4 is 17.2 Å². The summed E-state index contributed by atoms with van der Waals surface area (Å²) in [6, 6.07) is 10.2. The Morgan fingerprint density at radius 2 is 2.27 bits per heavy atom. The van der Waals surface area contributed by atoms with E-state index in [-0.39, 0.29) is 17.1 Å². The molecule has 2 aliphatic rings. The van der Waals surface area contributed by atoms with E-state index in [0.29, 0.717) is 17.3 Å². The number of halogens is 1. The Kier molecular flexibility index (Phi) is 3.09. The van der Waals surface area contributed by atoms with Crippen molar-refractivity contribution in [3.63, 3.8) is 0 Å². The highest BCUT2D eigenvalue weighted by Gasteiger charge is 2.59. The zero-order valence-corrected chi connectivity index (χ0v) is 12.9. The molecule has 22 heavy (non-hydrogen) atoms.